The van der Waals surface area contributed by atoms with Crippen molar-refractivity contribution < 1.29 is 4.79 Å². The number of nitrogens with zero attached hydrogens (tertiary/aromatic N) is 1. The van der Waals surface area contributed by atoms with Gasteiger partial charge in [0.1, 0.15) is 0 Å². The van der Waals surface area contributed by atoms with Gasteiger partial charge in [0.2, 0.25) is 5.91 Å². The number of hydrogen-bond acceptors (Lipinski definition) is 2. The van der Waals surface area contributed by atoms with Gasteiger partial charge in [-0.3, -0.25) is 4.79 Å². The second-order valence-electron chi connectivity index (χ2n) is 5.31. The standard InChI is InChI=1S/C13H24N2OS/c1-4-11(12(14)17)13(16)15(10-5-6-10)8-7-9(2)3/h9-11H,4-8H2,1-3H3,(H2,14,17). The molecule has 0 spiro atoms. The van der Waals surface area contributed by atoms with Crippen molar-refractivity contribution in [2.45, 2.75) is 52.5 Å². The topological polar surface area (TPSA) is 46.3 Å². The van der Waals surface area contributed by atoms with Crippen molar-refractivity contribution in [1.29, 1.82) is 0 Å². The Hall–Kier alpha value is -0.640. The molecule has 0 aliphatic heterocycles. The van der Waals surface area contributed by atoms with E-state index in [4.69, 9.17) is 18.0 Å². The molecule has 0 radical (unpaired) electrons. The summed E-state index contributed by atoms with van der Waals surface area (Å²) in [6.45, 7) is 7.18. The molecule has 0 aromatic rings. The largest absolute Gasteiger partial charge is 0.393 e. The van der Waals surface area contributed by atoms with Gasteiger partial charge in [-0.15, -0.1) is 0 Å². The molecule has 0 saturated heterocycles. The Kier molecular flexibility index (Phi) is 5.37. The van der Waals surface area contributed by atoms with Gasteiger partial charge in [0.25, 0.3) is 0 Å². The van der Waals surface area contributed by atoms with Crippen LogP contribution in [0, 0.1) is 11.8 Å². The molecule has 1 atom stereocenters. The van der Waals surface area contributed by atoms with Crippen LogP contribution < -0.4 is 5.73 Å². The van der Waals surface area contributed by atoms with Crippen LogP contribution in [0.1, 0.15) is 46.5 Å². The van der Waals surface area contributed by atoms with Crippen LogP contribution in [0.3, 0.4) is 0 Å². The van der Waals surface area contributed by atoms with Crippen LogP contribution in [0.15, 0.2) is 0 Å². The van der Waals surface area contributed by atoms with Crippen LogP contribution >= 0.6 is 12.2 Å². The number of carbonyl (C=O) groups is 1. The summed E-state index contributed by atoms with van der Waals surface area (Å²) in [5.41, 5.74) is 5.65. The van der Waals surface area contributed by atoms with E-state index >= 15 is 0 Å². The molecule has 0 heterocycles. The number of amides is 1. The molecule has 17 heavy (non-hydrogen) atoms. The van der Waals surface area contributed by atoms with Gasteiger partial charge < -0.3 is 10.6 Å². The lowest BCUT2D eigenvalue weighted by atomic mass is 10.0. The van der Waals surface area contributed by atoms with Crippen molar-refractivity contribution in [3.05, 3.63) is 0 Å². The maximum atomic E-state index is 12.4. The smallest absolute Gasteiger partial charge is 0.232 e. The van der Waals surface area contributed by atoms with Crippen molar-refractivity contribution in [2.75, 3.05) is 6.54 Å². The Morgan fingerprint density at radius 2 is 2.06 bits per heavy atom. The van der Waals surface area contributed by atoms with Crippen LogP contribution in [0.4, 0.5) is 0 Å². The fourth-order valence-corrected chi connectivity index (χ4v) is 2.22. The highest BCUT2D eigenvalue weighted by Crippen LogP contribution is 2.29. The molecule has 3 nitrogen and oxygen atoms in total. The van der Waals surface area contributed by atoms with Crippen LogP contribution in [0.5, 0.6) is 0 Å². The van der Waals surface area contributed by atoms with E-state index in [0.717, 1.165) is 25.8 Å². The third-order valence-electron chi connectivity index (χ3n) is 3.27. The molecule has 1 aliphatic rings. The highest BCUT2D eigenvalue weighted by Gasteiger charge is 2.35. The molecular formula is C13H24N2OS. The van der Waals surface area contributed by atoms with Gasteiger partial charge in [0.15, 0.2) is 0 Å². The summed E-state index contributed by atoms with van der Waals surface area (Å²) in [6, 6.07) is 0.449. The summed E-state index contributed by atoms with van der Waals surface area (Å²) in [5, 5.41) is 0. The van der Waals surface area contributed by atoms with E-state index < -0.39 is 0 Å². The second-order valence-corrected chi connectivity index (χ2v) is 5.78. The van der Waals surface area contributed by atoms with Crippen molar-refractivity contribution in [3.63, 3.8) is 0 Å². The zero-order valence-electron chi connectivity index (χ0n) is 11.1. The molecule has 1 rings (SSSR count). The van der Waals surface area contributed by atoms with E-state index in [0.29, 0.717) is 23.4 Å². The highest BCUT2D eigenvalue weighted by atomic mass is 32.1. The molecule has 0 bridgehead atoms. The van der Waals surface area contributed by atoms with E-state index in [1.165, 1.54) is 0 Å². The van der Waals surface area contributed by atoms with Crippen LogP contribution in [0.25, 0.3) is 0 Å². The van der Waals surface area contributed by atoms with Crippen LogP contribution in [-0.4, -0.2) is 28.4 Å². The van der Waals surface area contributed by atoms with Crippen LogP contribution in [-0.2, 0) is 4.79 Å². The number of thiocarbonyl (C=S) groups is 1. The average molecular weight is 256 g/mol. The Balaban J connectivity index is 2.62. The molecule has 1 amide bonds. The third-order valence-corrected chi connectivity index (χ3v) is 3.55. The summed E-state index contributed by atoms with van der Waals surface area (Å²) in [6.07, 6.45) is 4.03. The lowest BCUT2D eigenvalue weighted by molar-refractivity contribution is -0.134. The molecule has 1 fully saturated rings. The minimum Gasteiger partial charge on any atom is -0.393 e. The first kappa shape index (κ1) is 14.4. The van der Waals surface area contributed by atoms with Gasteiger partial charge in [-0.1, -0.05) is 33.0 Å². The molecule has 4 heteroatoms. The first-order valence-electron chi connectivity index (χ1n) is 6.57. The third kappa shape index (κ3) is 4.26. The molecule has 0 aromatic carbocycles. The van der Waals surface area contributed by atoms with E-state index in [1.807, 2.05) is 11.8 Å². The fraction of sp³-hybridized carbons (Fsp3) is 0.846. The van der Waals surface area contributed by atoms with E-state index in [2.05, 4.69) is 13.8 Å². The normalized spacial score (nSPS) is 16.9. The van der Waals surface area contributed by atoms with Gasteiger partial charge >= 0.3 is 0 Å². The summed E-state index contributed by atoms with van der Waals surface area (Å²) in [4.78, 5) is 14.7. The molecule has 2 N–H and O–H groups in total. The van der Waals surface area contributed by atoms with Crippen LogP contribution in [0.2, 0.25) is 0 Å². The lowest BCUT2D eigenvalue weighted by Crippen LogP contribution is -2.43. The first-order chi connectivity index (χ1) is 7.97. The Morgan fingerprint density at radius 3 is 2.41 bits per heavy atom. The van der Waals surface area contributed by atoms with Crippen molar-refractivity contribution in [1.82, 2.24) is 4.90 Å². The maximum absolute atomic E-state index is 12.4. The Labute approximate surface area is 110 Å². The summed E-state index contributed by atoms with van der Waals surface area (Å²) >= 11 is 4.98. The number of rotatable bonds is 7. The molecule has 1 unspecified atom stereocenters. The predicted molar refractivity (Wildman–Crippen MR) is 74.8 cm³/mol. The van der Waals surface area contributed by atoms with Gasteiger partial charge in [-0.25, -0.2) is 0 Å². The quantitative estimate of drug-likeness (QED) is 0.711. The van der Waals surface area contributed by atoms with Crippen molar-refractivity contribution >= 4 is 23.1 Å². The van der Waals surface area contributed by atoms with E-state index in [1.54, 1.807) is 0 Å². The number of carbonyl (C=O) groups excluding carboxylic acids is 1. The SMILES string of the molecule is CCC(C(=O)N(CCC(C)C)C1CC1)C(N)=S. The maximum Gasteiger partial charge on any atom is 0.232 e. The molecule has 1 aliphatic carbocycles. The monoisotopic (exact) mass is 256 g/mol. The summed E-state index contributed by atoms with van der Waals surface area (Å²) in [7, 11) is 0. The molecular weight excluding hydrogens is 232 g/mol. The van der Waals surface area contributed by atoms with E-state index in [-0.39, 0.29) is 11.8 Å². The predicted octanol–water partition coefficient (Wildman–Crippen LogP) is 2.34. The van der Waals surface area contributed by atoms with Crippen molar-refractivity contribution in [3.8, 4) is 0 Å². The average Bonchev–Trinajstić information content (AvgIpc) is 3.02. The number of hydrogen-bond donors (Lipinski definition) is 1. The molecule has 98 valence electrons. The summed E-state index contributed by atoms with van der Waals surface area (Å²) in [5.74, 6) is 0.495. The fourth-order valence-electron chi connectivity index (χ4n) is 1.95. The molecule has 0 aromatic heterocycles. The molecule has 1 saturated carbocycles. The van der Waals surface area contributed by atoms with Gasteiger partial charge in [0.05, 0.1) is 10.9 Å². The first-order valence-corrected chi connectivity index (χ1v) is 6.98. The Bertz CT molecular complexity index is 287. The van der Waals surface area contributed by atoms with Gasteiger partial charge in [-0.2, -0.15) is 0 Å². The van der Waals surface area contributed by atoms with Crippen molar-refractivity contribution in [2.24, 2.45) is 17.6 Å². The second kappa shape index (κ2) is 6.34. The minimum absolute atomic E-state index is 0.142. The van der Waals surface area contributed by atoms with Gasteiger partial charge in [-0.05, 0) is 31.6 Å². The Morgan fingerprint density at radius 1 is 1.47 bits per heavy atom. The number of nitrogens with two attached hydrogens (primary N) is 1. The summed E-state index contributed by atoms with van der Waals surface area (Å²) < 4.78 is 0. The highest BCUT2D eigenvalue weighted by molar-refractivity contribution is 7.80. The zero-order chi connectivity index (χ0) is 13.0. The minimum atomic E-state index is -0.266. The zero-order valence-corrected chi connectivity index (χ0v) is 11.9. The lowest BCUT2D eigenvalue weighted by Gasteiger charge is -2.27. The van der Waals surface area contributed by atoms with E-state index in [9.17, 15) is 4.79 Å². The van der Waals surface area contributed by atoms with Gasteiger partial charge in [0, 0.05) is 12.6 Å².